The number of nitrogens with one attached hydrogen (secondary N) is 2. The van der Waals surface area contributed by atoms with Crippen molar-refractivity contribution in [1.29, 1.82) is 0 Å². The Morgan fingerprint density at radius 2 is 1.71 bits per heavy atom. The Morgan fingerprint density at radius 1 is 0.948 bits per heavy atom. The second kappa shape index (κ2) is 17.5. The Morgan fingerprint density at radius 3 is 2.47 bits per heavy atom. The molecule has 0 spiro atoms. The predicted molar refractivity (Wildman–Crippen MR) is 226 cm³/mol. The van der Waals surface area contributed by atoms with Crippen LogP contribution in [-0.4, -0.2) is 96.6 Å². The van der Waals surface area contributed by atoms with Crippen molar-refractivity contribution in [2.45, 2.75) is 153 Å². The Kier molecular flexibility index (Phi) is 12.4. The standard InChI is InChI=1S/C45H64BN7O5/c1-44(2)34-26-38(44)45(3)39(27-34)57-46(58-45)40(18-10-11-21-48-51-47)50-42(55)37-28-35(52-22-12-5-13-23-52)29-53(37)43(56)36(24-30-14-6-4-7-15-30)49-41(54)33-20-19-31-16-8-9-17-32(31)25-33/h8-9,16-17,19-20,25,30,34-40H,4-7,10-15,18,21-24,26-29H2,1-3H3,(H,49,54)(H,50,55)/t34-,35+,36+,37-,38-,39+,40-,45-/m0/s1. The highest BCUT2D eigenvalue weighted by Gasteiger charge is 2.68. The first-order chi connectivity index (χ1) is 28.0. The van der Waals surface area contributed by atoms with Crippen LogP contribution in [0.1, 0.15) is 127 Å². The molecule has 8 atom stereocenters. The summed E-state index contributed by atoms with van der Waals surface area (Å²) < 4.78 is 13.7. The van der Waals surface area contributed by atoms with Gasteiger partial charge in [0, 0.05) is 29.6 Å². The van der Waals surface area contributed by atoms with Gasteiger partial charge < -0.3 is 24.8 Å². The van der Waals surface area contributed by atoms with Crippen LogP contribution in [0.25, 0.3) is 21.2 Å². The molecule has 2 aromatic carbocycles. The van der Waals surface area contributed by atoms with Gasteiger partial charge in [0.15, 0.2) is 0 Å². The SMILES string of the molecule is CC1(C)[C@@H]2C[C@H]3OB([C@H](CCCCN=[N+]=[N-])NC(=O)[C@@H]4C[C@@H](N5CCCCC5)CN4C(=O)[C@@H](CC4CCCCC4)NC(=O)c4ccc5ccccc5c4)O[C@@]3(C)[C@H]1C2. The highest BCUT2D eigenvalue weighted by molar-refractivity contribution is 6.48. The average molecular weight is 794 g/mol. The van der Waals surface area contributed by atoms with Gasteiger partial charge in [-0.05, 0) is 123 Å². The number of fused-ring (bicyclic) bond motifs is 1. The van der Waals surface area contributed by atoms with Crippen molar-refractivity contribution in [3.8, 4) is 0 Å². The molecular formula is C45H64BN7O5. The number of hydrogen-bond acceptors (Lipinski definition) is 7. The van der Waals surface area contributed by atoms with Crippen molar-refractivity contribution in [3.63, 3.8) is 0 Å². The maximum Gasteiger partial charge on any atom is 0.481 e. The molecule has 58 heavy (non-hydrogen) atoms. The molecule has 0 unspecified atom stereocenters. The van der Waals surface area contributed by atoms with Gasteiger partial charge in [-0.3, -0.25) is 19.3 Å². The monoisotopic (exact) mass is 794 g/mol. The van der Waals surface area contributed by atoms with Gasteiger partial charge in [-0.2, -0.15) is 0 Å². The van der Waals surface area contributed by atoms with Crippen LogP contribution in [0, 0.1) is 23.2 Å². The van der Waals surface area contributed by atoms with Gasteiger partial charge in [0.25, 0.3) is 5.91 Å². The third-order valence-corrected chi connectivity index (χ3v) is 15.4. The fourth-order valence-corrected chi connectivity index (χ4v) is 11.8. The van der Waals surface area contributed by atoms with Crippen molar-refractivity contribution in [1.82, 2.24) is 20.4 Å². The fourth-order valence-electron chi connectivity index (χ4n) is 11.8. The molecule has 3 saturated heterocycles. The maximum atomic E-state index is 15.1. The summed E-state index contributed by atoms with van der Waals surface area (Å²) in [5.74, 6) is 0.260. The molecule has 2 bridgehead atoms. The first-order valence-corrected chi connectivity index (χ1v) is 22.5. The van der Waals surface area contributed by atoms with E-state index in [1.165, 1.54) is 12.8 Å². The molecule has 7 fully saturated rings. The van der Waals surface area contributed by atoms with Crippen LogP contribution in [0.15, 0.2) is 47.6 Å². The molecule has 3 heterocycles. The van der Waals surface area contributed by atoms with Crippen molar-refractivity contribution in [2.75, 3.05) is 26.2 Å². The minimum atomic E-state index is -0.742. The molecule has 7 aliphatic rings. The molecule has 2 aromatic rings. The van der Waals surface area contributed by atoms with Crippen LogP contribution in [0.5, 0.6) is 0 Å². The highest BCUT2D eigenvalue weighted by atomic mass is 16.7. The molecule has 312 valence electrons. The zero-order chi connectivity index (χ0) is 40.4. The summed E-state index contributed by atoms with van der Waals surface area (Å²) in [4.78, 5) is 51.2. The predicted octanol–water partition coefficient (Wildman–Crippen LogP) is 7.60. The Hall–Kier alpha value is -3.64. The summed E-state index contributed by atoms with van der Waals surface area (Å²) in [6.45, 7) is 9.64. The van der Waals surface area contributed by atoms with Gasteiger partial charge in [-0.1, -0.05) is 94.2 Å². The van der Waals surface area contributed by atoms with E-state index in [1.807, 2.05) is 42.5 Å². The maximum absolute atomic E-state index is 15.1. The van der Waals surface area contributed by atoms with Gasteiger partial charge in [-0.25, -0.2) is 0 Å². The van der Waals surface area contributed by atoms with Crippen LogP contribution < -0.4 is 10.6 Å². The number of likely N-dealkylation sites (tertiary alicyclic amines) is 2. The molecule has 9 rings (SSSR count). The second-order valence-electron chi connectivity index (χ2n) is 19.2. The number of nitrogens with zero attached hydrogens (tertiary/aromatic N) is 5. The number of benzene rings is 2. The highest BCUT2D eigenvalue weighted by Crippen LogP contribution is 2.65. The summed E-state index contributed by atoms with van der Waals surface area (Å²) in [5.41, 5.74) is 9.15. The lowest BCUT2D eigenvalue weighted by Gasteiger charge is -2.64. The van der Waals surface area contributed by atoms with Crippen LogP contribution in [0.4, 0.5) is 0 Å². The number of carbonyl (C=O) groups excluding carboxylic acids is 3. The summed E-state index contributed by atoms with van der Waals surface area (Å²) >= 11 is 0. The summed E-state index contributed by atoms with van der Waals surface area (Å²) in [5, 5.41) is 12.4. The van der Waals surface area contributed by atoms with Crippen molar-refractivity contribution in [2.24, 2.45) is 28.3 Å². The molecule has 4 aliphatic carbocycles. The molecule has 3 aliphatic heterocycles. The van der Waals surface area contributed by atoms with Gasteiger partial charge in [-0.15, -0.1) is 0 Å². The van der Waals surface area contributed by atoms with Crippen LogP contribution >= 0.6 is 0 Å². The molecule has 2 N–H and O–H groups in total. The van der Waals surface area contributed by atoms with Crippen molar-refractivity contribution in [3.05, 3.63) is 58.5 Å². The average Bonchev–Trinajstić information content (AvgIpc) is 3.85. The lowest BCUT2D eigenvalue weighted by Crippen LogP contribution is -2.65. The van der Waals surface area contributed by atoms with E-state index in [0.717, 1.165) is 81.6 Å². The number of unbranched alkanes of at least 4 members (excludes halogenated alkanes) is 1. The number of azide groups is 1. The second-order valence-corrected chi connectivity index (χ2v) is 19.2. The topological polar surface area (TPSA) is 149 Å². The molecular weight excluding hydrogens is 729 g/mol. The molecule has 3 amide bonds. The summed E-state index contributed by atoms with van der Waals surface area (Å²) in [6, 6.07) is 12.3. The minimum absolute atomic E-state index is 0.0309. The molecule has 13 heteroatoms. The van der Waals surface area contributed by atoms with Gasteiger partial charge in [0.05, 0.1) is 17.6 Å². The minimum Gasteiger partial charge on any atom is -0.404 e. The van der Waals surface area contributed by atoms with E-state index in [9.17, 15) is 9.59 Å². The molecule has 0 radical (unpaired) electrons. The van der Waals surface area contributed by atoms with E-state index in [1.54, 1.807) is 4.90 Å². The lowest BCUT2D eigenvalue weighted by atomic mass is 9.43. The Bertz CT molecular complexity index is 1860. The van der Waals surface area contributed by atoms with Gasteiger partial charge in [0.2, 0.25) is 11.8 Å². The van der Waals surface area contributed by atoms with E-state index in [0.29, 0.717) is 62.1 Å². The summed E-state index contributed by atoms with van der Waals surface area (Å²) in [7, 11) is -0.614. The van der Waals surface area contributed by atoms with E-state index in [-0.39, 0.29) is 35.3 Å². The Labute approximate surface area is 344 Å². The normalized spacial score (nSPS) is 30.5. The van der Waals surface area contributed by atoms with Crippen molar-refractivity contribution < 1.29 is 23.7 Å². The zero-order valence-electron chi connectivity index (χ0n) is 34.9. The number of amides is 3. The molecule has 4 saturated carbocycles. The van der Waals surface area contributed by atoms with E-state index in [2.05, 4.69) is 46.3 Å². The van der Waals surface area contributed by atoms with E-state index < -0.39 is 30.7 Å². The third-order valence-electron chi connectivity index (χ3n) is 15.4. The first-order valence-electron chi connectivity index (χ1n) is 22.5. The van der Waals surface area contributed by atoms with Crippen molar-refractivity contribution >= 4 is 35.6 Å². The summed E-state index contributed by atoms with van der Waals surface area (Å²) in [6.07, 6.45) is 14.1. The third kappa shape index (κ3) is 8.38. The van der Waals surface area contributed by atoms with Crippen LogP contribution in [0.3, 0.4) is 0 Å². The van der Waals surface area contributed by atoms with Crippen LogP contribution in [0.2, 0.25) is 0 Å². The Balaban J connectivity index is 1.04. The number of piperidine rings is 1. The largest absolute Gasteiger partial charge is 0.481 e. The lowest BCUT2D eigenvalue weighted by molar-refractivity contribution is -0.199. The molecule has 0 aromatic heterocycles. The number of carbonyl (C=O) groups is 3. The van der Waals surface area contributed by atoms with Crippen LogP contribution in [-0.2, 0) is 18.9 Å². The number of hydrogen-bond donors (Lipinski definition) is 2. The van der Waals surface area contributed by atoms with Gasteiger partial charge in [0.1, 0.15) is 12.1 Å². The van der Waals surface area contributed by atoms with E-state index in [4.69, 9.17) is 14.8 Å². The number of rotatable bonds is 14. The van der Waals surface area contributed by atoms with Gasteiger partial charge >= 0.3 is 7.12 Å². The zero-order valence-corrected chi connectivity index (χ0v) is 34.9. The first kappa shape index (κ1) is 41.1. The quantitative estimate of drug-likeness (QED) is 0.0662. The molecule has 12 nitrogen and oxygen atoms in total. The fraction of sp³-hybridized carbons (Fsp3) is 0.711. The smallest absolute Gasteiger partial charge is 0.404 e. The van der Waals surface area contributed by atoms with E-state index >= 15 is 4.79 Å².